The van der Waals surface area contributed by atoms with Crippen LogP contribution in [0.15, 0.2) is 65.2 Å². The van der Waals surface area contributed by atoms with Crippen LogP contribution in [0.1, 0.15) is 47.3 Å². The van der Waals surface area contributed by atoms with Crippen molar-refractivity contribution < 1.29 is 41.7 Å². The first-order valence-corrected chi connectivity index (χ1v) is 18.6. The highest BCUT2D eigenvalue weighted by Crippen LogP contribution is 2.39. The van der Waals surface area contributed by atoms with Gasteiger partial charge in [-0.15, -0.1) is 0 Å². The van der Waals surface area contributed by atoms with Gasteiger partial charge in [-0.2, -0.15) is 8.78 Å². The van der Waals surface area contributed by atoms with Crippen molar-refractivity contribution in [1.82, 2.24) is 29.7 Å². The molecule has 6 aromatic rings. The lowest BCUT2D eigenvalue weighted by Crippen LogP contribution is -2.23. The maximum atomic E-state index is 14.1. The standard InChI is InChI=1S/C41H39F4N7O5/c1-21-27(5-3-7-29(21)39-49-31-14-25(19-52-11-9-24(18-52)40(54)55)33(57-41(44)45)15-34(31)56-39)28-6-4-8-30(22(28)2)47-37-35-32(48-38(50-37)36(42)43)13-23(16-46-35)17-51-12-10-26(53)20-51/h3-8,13-16,24,26,36,41,53H,9-12,17-20H2,1-2H3,(H,54,55)(H,47,48,50)/t24-,26+/m1/s1. The van der Waals surface area contributed by atoms with E-state index in [0.717, 1.165) is 34.4 Å². The van der Waals surface area contributed by atoms with E-state index in [2.05, 4.69) is 25.2 Å². The molecule has 0 amide bonds. The number of carboxylic acids is 1. The smallest absolute Gasteiger partial charge is 0.387 e. The Bertz CT molecular complexity index is 2480. The lowest BCUT2D eigenvalue weighted by molar-refractivity contribution is -0.141. The summed E-state index contributed by atoms with van der Waals surface area (Å²) in [5, 5.41) is 22.6. The maximum Gasteiger partial charge on any atom is 0.387 e. The van der Waals surface area contributed by atoms with Crippen molar-refractivity contribution >= 4 is 39.6 Å². The first-order chi connectivity index (χ1) is 27.4. The molecule has 8 rings (SSSR count). The van der Waals surface area contributed by atoms with Crippen molar-refractivity contribution in [2.45, 2.75) is 58.9 Å². The first-order valence-electron chi connectivity index (χ1n) is 18.6. The van der Waals surface area contributed by atoms with Gasteiger partial charge in [0.25, 0.3) is 6.43 Å². The van der Waals surface area contributed by atoms with Crippen LogP contribution in [0.25, 0.3) is 44.7 Å². The molecular weight excluding hydrogens is 746 g/mol. The zero-order chi connectivity index (χ0) is 40.0. The number of aliphatic carboxylic acids is 1. The number of hydrogen-bond acceptors (Lipinski definition) is 11. The summed E-state index contributed by atoms with van der Waals surface area (Å²) in [6, 6.07) is 16.0. The number of pyridine rings is 1. The quantitative estimate of drug-likeness (QED) is 0.104. The van der Waals surface area contributed by atoms with E-state index in [0.29, 0.717) is 66.9 Å². The summed E-state index contributed by atoms with van der Waals surface area (Å²) < 4.78 is 66.1. The topological polar surface area (TPSA) is 150 Å². The van der Waals surface area contributed by atoms with Gasteiger partial charge in [0, 0.05) is 61.8 Å². The van der Waals surface area contributed by atoms with Crippen molar-refractivity contribution in [2.24, 2.45) is 5.92 Å². The Balaban J connectivity index is 1.10. The van der Waals surface area contributed by atoms with E-state index in [1.165, 1.54) is 6.07 Å². The summed E-state index contributed by atoms with van der Waals surface area (Å²) in [7, 11) is 0. The largest absolute Gasteiger partial charge is 0.481 e. The minimum Gasteiger partial charge on any atom is -0.481 e. The Morgan fingerprint density at radius 3 is 2.37 bits per heavy atom. The van der Waals surface area contributed by atoms with Gasteiger partial charge in [0.2, 0.25) is 5.89 Å². The van der Waals surface area contributed by atoms with Crippen LogP contribution < -0.4 is 10.1 Å². The molecule has 16 heteroatoms. The number of hydrogen-bond donors (Lipinski definition) is 3. The molecule has 0 aliphatic carbocycles. The van der Waals surface area contributed by atoms with E-state index in [-0.39, 0.29) is 35.1 Å². The molecule has 0 unspecified atom stereocenters. The summed E-state index contributed by atoms with van der Waals surface area (Å²) in [5.41, 5.74) is 7.09. The normalized spacial score (nSPS) is 17.8. The molecule has 12 nitrogen and oxygen atoms in total. The lowest BCUT2D eigenvalue weighted by Gasteiger charge is -2.17. The summed E-state index contributed by atoms with van der Waals surface area (Å²) in [6.45, 7) is 3.51. The number of aliphatic hydroxyl groups is 1. The fourth-order valence-electron chi connectivity index (χ4n) is 7.77. The summed E-state index contributed by atoms with van der Waals surface area (Å²) in [6.07, 6.45) is -0.493. The van der Waals surface area contributed by atoms with Crippen LogP contribution in [0.2, 0.25) is 0 Å². The number of aliphatic hydroxyl groups excluding tert-OH is 1. The SMILES string of the molecule is Cc1c(Nc2nc(C(F)F)nc3cc(CN4CC[C@H](O)C4)cnc23)cccc1-c1cccc(-c2nc3cc(CN4CC[C@@H](C(=O)O)C4)c(OC(F)F)cc3o2)c1C. The summed E-state index contributed by atoms with van der Waals surface area (Å²) in [5.74, 6) is -1.71. The number of carbonyl (C=O) groups is 1. The van der Waals surface area contributed by atoms with Crippen molar-refractivity contribution in [3.05, 3.63) is 88.9 Å². The fourth-order valence-corrected chi connectivity index (χ4v) is 7.77. The third-order valence-electron chi connectivity index (χ3n) is 10.7. The van der Waals surface area contributed by atoms with Gasteiger partial charge in [0.1, 0.15) is 16.8 Å². The minimum atomic E-state index is -3.08. The van der Waals surface area contributed by atoms with Crippen LogP contribution in [-0.4, -0.2) is 84.8 Å². The fraction of sp³-hybridized carbons (Fsp3) is 0.341. The van der Waals surface area contributed by atoms with E-state index in [1.807, 2.05) is 55.1 Å². The van der Waals surface area contributed by atoms with Crippen molar-refractivity contribution in [3.63, 3.8) is 0 Å². The average molecular weight is 786 g/mol. The van der Waals surface area contributed by atoms with Gasteiger partial charge in [0.05, 0.1) is 17.5 Å². The molecule has 0 radical (unpaired) electrons. The second kappa shape index (κ2) is 15.7. The Labute approximate surface area is 324 Å². The van der Waals surface area contributed by atoms with Crippen LogP contribution in [0, 0.1) is 19.8 Å². The summed E-state index contributed by atoms with van der Waals surface area (Å²) >= 11 is 0. The number of fused-ring (bicyclic) bond motifs is 2. The number of halogens is 4. The van der Waals surface area contributed by atoms with Crippen LogP contribution >= 0.6 is 0 Å². The van der Waals surface area contributed by atoms with Gasteiger partial charge in [-0.3, -0.25) is 19.6 Å². The second-order valence-electron chi connectivity index (χ2n) is 14.6. The number of aromatic nitrogens is 4. The number of benzene rings is 3. The average Bonchev–Trinajstić information content (AvgIpc) is 3.92. The highest BCUT2D eigenvalue weighted by atomic mass is 19.3. The second-order valence-corrected chi connectivity index (χ2v) is 14.6. The van der Waals surface area contributed by atoms with E-state index in [9.17, 15) is 32.6 Å². The number of carboxylic acid groups (broad SMARTS) is 1. The molecule has 296 valence electrons. The molecule has 3 aromatic heterocycles. The minimum absolute atomic E-state index is 0.0695. The number of likely N-dealkylation sites (tertiary alicyclic amines) is 2. The van der Waals surface area contributed by atoms with Crippen LogP contribution in [0.3, 0.4) is 0 Å². The molecule has 3 aromatic carbocycles. The van der Waals surface area contributed by atoms with Crippen LogP contribution in [0.5, 0.6) is 5.75 Å². The molecule has 5 heterocycles. The van der Waals surface area contributed by atoms with Gasteiger partial charge < -0.3 is 24.7 Å². The molecule has 2 atom stereocenters. The molecule has 0 spiro atoms. The highest BCUT2D eigenvalue weighted by molar-refractivity contribution is 5.89. The molecule has 2 aliphatic rings. The Kier molecular flexibility index (Phi) is 10.5. The Morgan fingerprint density at radius 1 is 0.912 bits per heavy atom. The van der Waals surface area contributed by atoms with Crippen LogP contribution in [0.4, 0.5) is 29.1 Å². The zero-order valence-corrected chi connectivity index (χ0v) is 31.1. The molecule has 0 saturated carbocycles. The predicted molar refractivity (Wildman–Crippen MR) is 203 cm³/mol. The number of β-amino-alcohol motifs (C(OH)–C–C–N with tert-alkyl or cyclic N) is 1. The molecule has 2 saturated heterocycles. The number of rotatable bonds is 12. The number of anilines is 2. The Morgan fingerprint density at radius 2 is 1.65 bits per heavy atom. The van der Waals surface area contributed by atoms with Crippen molar-refractivity contribution in [2.75, 3.05) is 31.5 Å². The first kappa shape index (κ1) is 38.2. The third kappa shape index (κ3) is 7.97. The van der Waals surface area contributed by atoms with Gasteiger partial charge in [0.15, 0.2) is 17.2 Å². The molecule has 0 bridgehead atoms. The lowest BCUT2D eigenvalue weighted by atomic mass is 9.93. The number of alkyl halides is 4. The predicted octanol–water partition coefficient (Wildman–Crippen LogP) is 7.87. The molecular formula is C41H39F4N7O5. The van der Waals surface area contributed by atoms with E-state index < -0.39 is 36.9 Å². The number of oxazole rings is 1. The van der Waals surface area contributed by atoms with Crippen molar-refractivity contribution in [3.8, 4) is 28.3 Å². The number of nitrogens with one attached hydrogen (secondary N) is 1. The van der Waals surface area contributed by atoms with E-state index in [4.69, 9.17) is 14.1 Å². The Hall–Kier alpha value is -5.71. The van der Waals surface area contributed by atoms with E-state index >= 15 is 0 Å². The molecule has 2 fully saturated rings. The highest BCUT2D eigenvalue weighted by Gasteiger charge is 2.29. The molecule has 57 heavy (non-hydrogen) atoms. The number of ether oxygens (including phenoxy) is 1. The van der Waals surface area contributed by atoms with Gasteiger partial charge in [-0.25, -0.2) is 23.7 Å². The van der Waals surface area contributed by atoms with Gasteiger partial charge in [-0.1, -0.05) is 24.3 Å². The monoisotopic (exact) mass is 785 g/mol. The van der Waals surface area contributed by atoms with Crippen molar-refractivity contribution in [1.29, 1.82) is 0 Å². The molecule has 2 aliphatic heterocycles. The molecule has 3 N–H and O–H groups in total. The number of nitrogens with zero attached hydrogens (tertiary/aromatic N) is 6. The zero-order valence-electron chi connectivity index (χ0n) is 31.1. The van der Waals surface area contributed by atoms with Gasteiger partial charge in [-0.05, 0) is 85.3 Å². The summed E-state index contributed by atoms with van der Waals surface area (Å²) in [4.78, 5) is 33.1. The van der Waals surface area contributed by atoms with E-state index in [1.54, 1.807) is 18.3 Å². The third-order valence-corrected chi connectivity index (χ3v) is 10.7. The van der Waals surface area contributed by atoms with Crippen LogP contribution in [-0.2, 0) is 17.9 Å². The van der Waals surface area contributed by atoms with Gasteiger partial charge >= 0.3 is 12.6 Å². The maximum absolute atomic E-state index is 14.1.